The molecule has 1 heterocycles. The Morgan fingerprint density at radius 2 is 1.80 bits per heavy atom. The predicted octanol–water partition coefficient (Wildman–Crippen LogP) is 2.68. The first kappa shape index (κ1) is 13.2. The summed E-state index contributed by atoms with van der Waals surface area (Å²) in [6.45, 7) is 0.439. The molecular weight excluding hydrogens is 276 g/mol. The van der Waals surface area contributed by atoms with Crippen molar-refractivity contribution in [3.63, 3.8) is 0 Å². The van der Waals surface area contributed by atoms with Crippen LogP contribution in [0.4, 0.5) is 0 Å². The number of rotatable bonds is 3. The molecule has 3 rings (SSSR count). The maximum absolute atomic E-state index is 5.97. The zero-order valence-corrected chi connectivity index (χ0v) is 11.5. The number of hydrogen-bond donors (Lipinski definition) is 2. The molecule has 0 spiro atoms. The van der Waals surface area contributed by atoms with Gasteiger partial charge in [0.1, 0.15) is 6.61 Å². The van der Waals surface area contributed by atoms with Crippen LogP contribution in [0, 0.1) is 0 Å². The first-order valence-corrected chi connectivity index (χ1v) is 6.76. The lowest BCUT2D eigenvalue weighted by Crippen LogP contribution is -2.44. The van der Waals surface area contributed by atoms with Crippen LogP contribution in [0.5, 0.6) is 11.5 Å². The van der Waals surface area contributed by atoms with Gasteiger partial charge in [0.05, 0.1) is 6.04 Å². The molecule has 2 aromatic rings. The monoisotopic (exact) mass is 290 g/mol. The zero-order chi connectivity index (χ0) is 13.9. The fourth-order valence-electron chi connectivity index (χ4n) is 2.29. The van der Waals surface area contributed by atoms with E-state index in [1.165, 1.54) is 0 Å². The first-order chi connectivity index (χ1) is 9.78. The average molecular weight is 291 g/mol. The molecule has 0 amide bonds. The summed E-state index contributed by atoms with van der Waals surface area (Å²) in [6.07, 6.45) is -0.198. The summed E-state index contributed by atoms with van der Waals surface area (Å²) in [5, 5.41) is 0.690. The van der Waals surface area contributed by atoms with Crippen molar-refractivity contribution in [3.05, 3.63) is 59.1 Å². The average Bonchev–Trinajstić information content (AvgIpc) is 2.50. The second-order valence-electron chi connectivity index (χ2n) is 4.61. The van der Waals surface area contributed by atoms with Gasteiger partial charge in [-0.05, 0) is 29.8 Å². The van der Waals surface area contributed by atoms with Crippen molar-refractivity contribution in [2.45, 2.75) is 12.1 Å². The lowest BCUT2D eigenvalue weighted by molar-refractivity contribution is 0.0617. The second-order valence-corrected chi connectivity index (χ2v) is 5.05. The van der Waals surface area contributed by atoms with Crippen LogP contribution in [-0.2, 0) is 0 Å². The smallest absolute Gasteiger partial charge is 0.161 e. The standard InChI is InChI=1S/C15H15ClN2O2/c16-11-7-5-10(6-8-11)15(18-17)14-9-19-12-3-1-2-4-13(12)20-14/h1-8,14-15,18H,9,17H2. The molecule has 0 radical (unpaired) electrons. The van der Waals surface area contributed by atoms with Crippen LogP contribution in [0.25, 0.3) is 0 Å². The van der Waals surface area contributed by atoms with Crippen molar-refractivity contribution >= 4 is 11.6 Å². The Morgan fingerprint density at radius 1 is 1.10 bits per heavy atom. The maximum atomic E-state index is 5.97. The van der Waals surface area contributed by atoms with Gasteiger partial charge in [0.2, 0.25) is 0 Å². The third-order valence-corrected chi connectivity index (χ3v) is 3.56. The summed E-state index contributed by atoms with van der Waals surface area (Å²) < 4.78 is 11.7. The Labute approximate surface area is 122 Å². The van der Waals surface area contributed by atoms with Crippen LogP contribution in [0.1, 0.15) is 11.6 Å². The van der Waals surface area contributed by atoms with Crippen LogP contribution in [0.15, 0.2) is 48.5 Å². The van der Waals surface area contributed by atoms with Gasteiger partial charge in [-0.15, -0.1) is 0 Å². The summed E-state index contributed by atoms with van der Waals surface area (Å²) in [5.41, 5.74) is 3.79. The van der Waals surface area contributed by atoms with E-state index in [1.807, 2.05) is 48.5 Å². The van der Waals surface area contributed by atoms with Gasteiger partial charge in [-0.2, -0.15) is 0 Å². The Kier molecular flexibility index (Phi) is 3.78. The summed E-state index contributed by atoms with van der Waals surface area (Å²) in [5.74, 6) is 7.17. The molecule has 2 atom stereocenters. The fraction of sp³-hybridized carbons (Fsp3) is 0.200. The van der Waals surface area contributed by atoms with Crippen LogP contribution in [-0.4, -0.2) is 12.7 Å². The highest BCUT2D eigenvalue weighted by Gasteiger charge is 2.29. The molecule has 3 N–H and O–H groups in total. The summed E-state index contributed by atoms with van der Waals surface area (Å²) in [6, 6.07) is 15.0. The van der Waals surface area contributed by atoms with Crippen molar-refractivity contribution in [1.82, 2.24) is 5.43 Å². The SMILES string of the molecule is NNC(c1ccc(Cl)cc1)C1COc2ccccc2O1. The highest BCUT2D eigenvalue weighted by atomic mass is 35.5. The van der Waals surface area contributed by atoms with E-state index in [0.29, 0.717) is 11.6 Å². The lowest BCUT2D eigenvalue weighted by Gasteiger charge is -2.32. The van der Waals surface area contributed by atoms with E-state index >= 15 is 0 Å². The number of para-hydroxylation sites is 2. The number of nitrogens with one attached hydrogen (secondary N) is 1. The predicted molar refractivity (Wildman–Crippen MR) is 77.9 cm³/mol. The molecule has 0 saturated heterocycles. The zero-order valence-electron chi connectivity index (χ0n) is 10.8. The van der Waals surface area contributed by atoms with Crippen LogP contribution >= 0.6 is 11.6 Å². The fourth-order valence-corrected chi connectivity index (χ4v) is 2.41. The first-order valence-electron chi connectivity index (χ1n) is 6.38. The second kappa shape index (κ2) is 5.71. The highest BCUT2D eigenvalue weighted by molar-refractivity contribution is 6.30. The normalized spacial score (nSPS) is 18.6. The minimum absolute atomic E-state index is 0.166. The maximum Gasteiger partial charge on any atom is 0.161 e. The molecule has 0 fully saturated rings. The van der Waals surface area contributed by atoms with Gasteiger partial charge in [0.25, 0.3) is 0 Å². The highest BCUT2D eigenvalue weighted by Crippen LogP contribution is 2.34. The minimum atomic E-state index is -0.198. The molecule has 2 aromatic carbocycles. The van der Waals surface area contributed by atoms with E-state index < -0.39 is 0 Å². The Bertz CT molecular complexity index is 589. The number of ether oxygens (including phenoxy) is 2. The van der Waals surface area contributed by atoms with Crippen molar-refractivity contribution in [2.24, 2.45) is 5.84 Å². The number of hydrazine groups is 1. The summed E-state index contributed by atoms with van der Waals surface area (Å²) in [4.78, 5) is 0. The minimum Gasteiger partial charge on any atom is -0.486 e. The van der Waals surface area contributed by atoms with Crippen LogP contribution < -0.4 is 20.7 Å². The number of hydrogen-bond acceptors (Lipinski definition) is 4. The van der Waals surface area contributed by atoms with Crippen LogP contribution in [0.3, 0.4) is 0 Å². The molecule has 0 saturated carbocycles. The Hall–Kier alpha value is -1.75. The van der Waals surface area contributed by atoms with Gasteiger partial charge in [-0.3, -0.25) is 5.84 Å². The quantitative estimate of drug-likeness (QED) is 0.674. The topological polar surface area (TPSA) is 56.5 Å². The lowest BCUT2D eigenvalue weighted by atomic mass is 10.0. The molecule has 0 aliphatic carbocycles. The molecule has 2 unspecified atom stereocenters. The number of nitrogens with two attached hydrogens (primary N) is 1. The number of halogens is 1. The van der Waals surface area contributed by atoms with Gasteiger partial charge in [-0.25, -0.2) is 5.43 Å². The van der Waals surface area contributed by atoms with Crippen molar-refractivity contribution in [1.29, 1.82) is 0 Å². The molecule has 5 heteroatoms. The Morgan fingerprint density at radius 3 is 2.50 bits per heavy atom. The van der Waals surface area contributed by atoms with E-state index in [1.54, 1.807) is 0 Å². The van der Waals surface area contributed by atoms with E-state index in [9.17, 15) is 0 Å². The molecule has 104 valence electrons. The van der Waals surface area contributed by atoms with E-state index in [-0.39, 0.29) is 12.1 Å². The van der Waals surface area contributed by atoms with Crippen molar-refractivity contribution < 1.29 is 9.47 Å². The van der Waals surface area contributed by atoms with Gasteiger partial charge < -0.3 is 9.47 Å². The molecule has 1 aliphatic rings. The molecule has 4 nitrogen and oxygen atoms in total. The largest absolute Gasteiger partial charge is 0.486 e. The third-order valence-electron chi connectivity index (χ3n) is 3.31. The summed E-state index contributed by atoms with van der Waals surface area (Å²) >= 11 is 5.90. The van der Waals surface area contributed by atoms with E-state index in [2.05, 4.69) is 5.43 Å². The number of fused-ring (bicyclic) bond motifs is 1. The third kappa shape index (κ3) is 2.58. The molecule has 20 heavy (non-hydrogen) atoms. The number of benzene rings is 2. The van der Waals surface area contributed by atoms with Gasteiger partial charge in [0, 0.05) is 5.02 Å². The van der Waals surface area contributed by atoms with Gasteiger partial charge in [-0.1, -0.05) is 35.9 Å². The molecular formula is C15H15ClN2O2. The molecule has 1 aliphatic heterocycles. The van der Waals surface area contributed by atoms with Crippen LogP contribution in [0.2, 0.25) is 5.02 Å². The van der Waals surface area contributed by atoms with Crippen molar-refractivity contribution in [3.8, 4) is 11.5 Å². The van der Waals surface area contributed by atoms with Crippen molar-refractivity contribution in [2.75, 3.05) is 6.61 Å². The van der Waals surface area contributed by atoms with Gasteiger partial charge >= 0.3 is 0 Å². The summed E-state index contributed by atoms with van der Waals surface area (Å²) in [7, 11) is 0. The van der Waals surface area contributed by atoms with E-state index in [0.717, 1.165) is 17.1 Å². The van der Waals surface area contributed by atoms with Gasteiger partial charge in [0.15, 0.2) is 17.6 Å². The van der Waals surface area contributed by atoms with E-state index in [4.69, 9.17) is 26.9 Å². The Balaban J connectivity index is 1.83. The molecule has 0 bridgehead atoms. The molecule has 0 aromatic heterocycles.